The molecular formula is C12H15N3O2. The van der Waals surface area contributed by atoms with Crippen LogP contribution >= 0.6 is 0 Å². The molecule has 2 rings (SSSR count). The maximum Gasteiger partial charge on any atom is 0.331 e. The fourth-order valence-electron chi connectivity index (χ4n) is 2.43. The standard InChI is InChI=1S/C12H15N3O2/c1-14-8-9(7-13)11(16)15(12(14)17)10-5-3-2-4-6-10/h8,10H,2-6H2,1H3. The summed E-state index contributed by atoms with van der Waals surface area (Å²) in [4.78, 5) is 24.0. The minimum atomic E-state index is -0.442. The molecule has 17 heavy (non-hydrogen) atoms. The molecule has 0 N–H and O–H groups in total. The summed E-state index contributed by atoms with van der Waals surface area (Å²) in [6, 6.07) is 1.81. The Hall–Kier alpha value is -1.83. The zero-order valence-electron chi connectivity index (χ0n) is 9.85. The predicted octanol–water partition coefficient (Wildman–Crippen LogP) is 0.924. The van der Waals surface area contributed by atoms with Crippen molar-refractivity contribution in [2.45, 2.75) is 38.1 Å². The summed E-state index contributed by atoms with van der Waals surface area (Å²) in [5, 5.41) is 8.88. The highest BCUT2D eigenvalue weighted by molar-refractivity contribution is 5.22. The molecule has 1 saturated carbocycles. The number of aryl methyl sites for hydroxylation is 1. The summed E-state index contributed by atoms with van der Waals surface area (Å²) in [5.74, 6) is 0. The largest absolute Gasteiger partial charge is 0.331 e. The zero-order chi connectivity index (χ0) is 12.4. The SMILES string of the molecule is Cn1cc(C#N)c(=O)n(C2CCCCC2)c1=O. The van der Waals surface area contributed by atoms with Crippen molar-refractivity contribution in [2.75, 3.05) is 0 Å². The van der Waals surface area contributed by atoms with Crippen LogP contribution in [0.4, 0.5) is 0 Å². The van der Waals surface area contributed by atoms with Gasteiger partial charge in [-0.15, -0.1) is 0 Å². The van der Waals surface area contributed by atoms with Gasteiger partial charge >= 0.3 is 5.69 Å². The molecule has 0 aromatic carbocycles. The smallest absolute Gasteiger partial charge is 0.302 e. The van der Waals surface area contributed by atoms with E-state index < -0.39 is 5.56 Å². The van der Waals surface area contributed by atoms with E-state index in [9.17, 15) is 9.59 Å². The van der Waals surface area contributed by atoms with Crippen LogP contribution < -0.4 is 11.2 Å². The highest BCUT2D eigenvalue weighted by atomic mass is 16.2. The third kappa shape index (κ3) is 2.03. The molecule has 0 aliphatic heterocycles. The summed E-state index contributed by atoms with van der Waals surface area (Å²) < 4.78 is 2.58. The molecule has 0 saturated heterocycles. The average molecular weight is 233 g/mol. The molecule has 1 aliphatic rings. The first-order valence-corrected chi connectivity index (χ1v) is 5.87. The van der Waals surface area contributed by atoms with Gasteiger partial charge in [0.05, 0.1) is 0 Å². The van der Waals surface area contributed by atoms with E-state index >= 15 is 0 Å². The molecule has 90 valence electrons. The van der Waals surface area contributed by atoms with Crippen LogP contribution in [-0.4, -0.2) is 9.13 Å². The van der Waals surface area contributed by atoms with Gasteiger partial charge < -0.3 is 4.57 Å². The Morgan fingerprint density at radius 1 is 1.29 bits per heavy atom. The summed E-state index contributed by atoms with van der Waals surface area (Å²) in [6.07, 6.45) is 6.25. The third-order valence-corrected chi connectivity index (χ3v) is 3.34. The Bertz CT molecular complexity index is 571. The van der Waals surface area contributed by atoms with E-state index in [4.69, 9.17) is 5.26 Å². The van der Waals surface area contributed by atoms with Crippen molar-refractivity contribution in [2.24, 2.45) is 7.05 Å². The first kappa shape index (κ1) is 11.6. The predicted molar refractivity (Wildman–Crippen MR) is 62.8 cm³/mol. The van der Waals surface area contributed by atoms with Crippen LogP contribution in [0.3, 0.4) is 0 Å². The Balaban J connectivity index is 2.59. The van der Waals surface area contributed by atoms with Gasteiger partial charge in [-0.2, -0.15) is 5.26 Å². The van der Waals surface area contributed by atoms with E-state index in [0.29, 0.717) is 0 Å². The molecule has 5 nitrogen and oxygen atoms in total. The van der Waals surface area contributed by atoms with E-state index in [1.165, 1.54) is 15.3 Å². The Kier molecular flexibility index (Phi) is 3.14. The van der Waals surface area contributed by atoms with Gasteiger partial charge in [0.25, 0.3) is 5.56 Å². The van der Waals surface area contributed by atoms with Crippen LogP contribution in [0.5, 0.6) is 0 Å². The highest BCUT2D eigenvalue weighted by Gasteiger charge is 2.20. The van der Waals surface area contributed by atoms with Gasteiger partial charge in [-0.1, -0.05) is 19.3 Å². The van der Waals surface area contributed by atoms with Crippen LogP contribution in [-0.2, 0) is 7.05 Å². The van der Waals surface area contributed by atoms with E-state index in [0.717, 1.165) is 32.1 Å². The first-order valence-electron chi connectivity index (χ1n) is 5.87. The molecule has 1 aromatic rings. The van der Waals surface area contributed by atoms with Crippen molar-refractivity contribution in [3.05, 3.63) is 32.6 Å². The Morgan fingerprint density at radius 3 is 2.53 bits per heavy atom. The topological polar surface area (TPSA) is 67.8 Å². The molecule has 0 spiro atoms. The molecule has 1 aliphatic carbocycles. The van der Waals surface area contributed by atoms with Crippen LogP contribution in [0.15, 0.2) is 15.8 Å². The number of aromatic nitrogens is 2. The lowest BCUT2D eigenvalue weighted by Crippen LogP contribution is -2.42. The van der Waals surface area contributed by atoms with Crippen LogP contribution in [0.2, 0.25) is 0 Å². The third-order valence-electron chi connectivity index (χ3n) is 3.34. The lowest BCUT2D eigenvalue weighted by atomic mass is 9.95. The maximum absolute atomic E-state index is 12.0. The Labute approximate surface area is 98.9 Å². The molecule has 5 heteroatoms. The minimum absolute atomic E-state index is 0.0387. The van der Waals surface area contributed by atoms with E-state index in [1.54, 1.807) is 7.05 Å². The summed E-state index contributed by atoms with van der Waals surface area (Å²) in [6.45, 7) is 0. The van der Waals surface area contributed by atoms with Gasteiger partial charge in [-0.05, 0) is 12.8 Å². The molecule has 0 atom stereocenters. The summed E-state index contributed by atoms with van der Waals surface area (Å²) >= 11 is 0. The highest BCUT2D eigenvalue weighted by Crippen LogP contribution is 2.25. The molecule has 0 radical (unpaired) electrons. The van der Waals surface area contributed by atoms with Crippen LogP contribution in [0.1, 0.15) is 43.7 Å². The van der Waals surface area contributed by atoms with E-state index in [1.807, 2.05) is 6.07 Å². The fourth-order valence-corrected chi connectivity index (χ4v) is 2.43. The number of nitrogens with zero attached hydrogens (tertiary/aromatic N) is 3. The summed E-state index contributed by atoms with van der Waals surface area (Å²) in [5.41, 5.74) is -0.721. The monoisotopic (exact) mass is 233 g/mol. The summed E-state index contributed by atoms with van der Waals surface area (Å²) in [7, 11) is 1.57. The second-order valence-electron chi connectivity index (χ2n) is 4.52. The normalized spacial score (nSPS) is 16.7. The van der Waals surface area contributed by atoms with Crippen molar-refractivity contribution in [3.8, 4) is 6.07 Å². The van der Waals surface area contributed by atoms with Crippen LogP contribution in [0.25, 0.3) is 0 Å². The van der Waals surface area contributed by atoms with Gasteiger partial charge in [0.2, 0.25) is 0 Å². The molecular weight excluding hydrogens is 218 g/mol. The number of nitriles is 1. The zero-order valence-corrected chi connectivity index (χ0v) is 9.85. The number of rotatable bonds is 1. The molecule has 1 fully saturated rings. The molecule has 0 bridgehead atoms. The van der Waals surface area contributed by atoms with Crippen molar-refractivity contribution < 1.29 is 0 Å². The second-order valence-corrected chi connectivity index (χ2v) is 4.52. The molecule has 1 heterocycles. The molecule has 0 amide bonds. The molecule has 1 aromatic heterocycles. The average Bonchev–Trinajstić information content (AvgIpc) is 2.35. The van der Waals surface area contributed by atoms with Gasteiger partial charge in [-0.25, -0.2) is 4.79 Å². The second kappa shape index (κ2) is 4.58. The minimum Gasteiger partial charge on any atom is -0.302 e. The van der Waals surface area contributed by atoms with Crippen molar-refractivity contribution >= 4 is 0 Å². The van der Waals surface area contributed by atoms with Crippen molar-refractivity contribution in [1.29, 1.82) is 5.26 Å². The van der Waals surface area contributed by atoms with Crippen LogP contribution in [0, 0.1) is 11.3 Å². The van der Waals surface area contributed by atoms with Gasteiger partial charge in [0.1, 0.15) is 11.6 Å². The van der Waals surface area contributed by atoms with Gasteiger partial charge in [0, 0.05) is 19.3 Å². The number of hydrogen-bond acceptors (Lipinski definition) is 3. The quantitative estimate of drug-likeness (QED) is 0.724. The Morgan fingerprint density at radius 2 is 1.94 bits per heavy atom. The van der Waals surface area contributed by atoms with Gasteiger partial charge in [0.15, 0.2) is 0 Å². The number of hydrogen-bond donors (Lipinski definition) is 0. The van der Waals surface area contributed by atoms with Crippen molar-refractivity contribution in [3.63, 3.8) is 0 Å². The van der Waals surface area contributed by atoms with E-state index in [2.05, 4.69) is 0 Å². The first-order chi connectivity index (χ1) is 8.15. The fraction of sp³-hybridized carbons (Fsp3) is 0.583. The van der Waals surface area contributed by atoms with E-state index in [-0.39, 0.29) is 17.3 Å². The van der Waals surface area contributed by atoms with Gasteiger partial charge in [-0.3, -0.25) is 9.36 Å². The lowest BCUT2D eigenvalue weighted by Gasteiger charge is -2.23. The van der Waals surface area contributed by atoms with Crippen molar-refractivity contribution in [1.82, 2.24) is 9.13 Å². The lowest BCUT2D eigenvalue weighted by molar-refractivity contribution is 0.331. The maximum atomic E-state index is 12.0. The molecule has 0 unspecified atom stereocenters.